The normalized spacial score (nSPS) is 13.5. The third-order valence-corrected chi connectivity index (χ3v) is 4.98. The Morgan fingerprint density at radius 1 is 0.818 bits per heavy atom. The van der Waals surface area contributed by atoms with Crippen LogP contribution in [-0.4, -0.2) is 65.4 Å². The van der Waals surface area contributed by atoms with E-state index in [4.69, 9.17) is 34.9 Å². The van der Waals surface area contributed by atoms with Gasteiger partial charge in [0, 0.05) is 0 Å². The van der Waals surface area contributed by atoms with Crippen LogP contribution in [-0.2, 0) is 13.4 Å². The van der Waals surface area contributed by atoms with E-state index in [0.29, 0.717) is 12.8 Å². The first kappa shape index (κ1) is 24.4. The largest absolute Gasteiger partial charge is 0.478 e. The zero-order valence-corrected chi connectivity index (χ0v) is 14.0. The van der Waals surface area contributed by atoms with E-state index in [0.717, 1.165) is 0 Å². The molecule has 11 nitrogen and oxygen atoms in total. The minimum Gasteiger partial charge on any atom is -0.395 e. The zero-order chi connectivity index (χ0) is 18.2. The van der Waals surface area contributed by atoms with Gasteiger partial charge in [-0.1, -0.05) is 13.8 Å². The summed E-state index contributed by atoms with van der Waals surface area (Å²) in [5.41, 5.74) is -2.40. The monoisotopic (exact) mass is 370 g/mol. The molecule has 0 aliphatic rings. The van der Waals surface area contributed by atoms with Gasteiger partial charge < -0.3 is 40.0 Å². The second-order valence-electron chi connectivity index (χ2n) is 4.56. The molecular formula is C9H24O11P2. The van der Waals surface area contributed by atoms with E-state index in [2.05, 4.69) is 4.31 Å². The summed E-state index contributed by atoms with van der Waals surface area (Å²) in [5, 5.41) is 37.3. The van der Waals surface area contributed by atoms with Gasteiger partial charge in [0.15, 0.2) is 0 Å². The Kier molecular flexibility index (Phi) is 10.4. The summed E-state index contributed by atoms with van der Waals surface area (Å²) >= 11 is 0. The molecule has 0 radical (unpaired) electrons. The van der Waals surface area contributed by atoms with Crippen molar-refractivity contribution in [2.24, 2.45) is 5.41 Å². The molecule has 0 heterocycles. The molecule has 0 bridgehead atoms. The van der Waals surface area contributed by atoms with Crippen molar-refractivity contribution in [3.05, 3.63) is 0 Å². The molecule has 0 aromatic carbocycles. The van der Waals surface area contributed by atoms with Crippen molar-refractivity contribution in [1.29, 1.82) is 0 Å². The Morgan fingerprint density at radius 3 is 1.14 bits per heavy atom. The van der Waals surface area contributed by atoms with Crippen molar-refractivity contribution in [2.75, 3.05) is 19.8 Å². The van der Waals surface area contributed by atoms with Crippen molar-refractivity contribution >= 4 is 15.6 Å². The predicted molar refractivity (Wildman–Crippen MR) is 74.4 cm³/mol. The fourth-order valence-electron chi connectivity index (χ4n) is 1.73. The standard InChI is InChI=1S/C9H20O4.H4O7P2/c1-3-9(13,4-2)8(5-10,6-11)7-12;1-8(2,3)7-9(4,5)6/h10-13H,3-7H2,1-2H3;(H2,1,2,3)(H2,4,5,6). The molecule has 0 saturated heterocycles. The summed E-state index contributed by atoms with van der Waals surface area (Å²) in [4.78, 5) is 31.0. The van der Waals surface area contributed by atoms with Crippen LogP contribution in [0.2, 0.25) is 0 Å². The number of hydrogen-bond donors (Lipinski definition) is 8. The van der Waals surface area contributed by atoms with Crippen molar-refractivity contribution < 1.29 is 53.4 Å². The van der Waals surface area contributed by atoms with E-state index in [-0.39, 0.29) is 0 Å². The van der Waals surface area contributed by atoms with E-state index >= 15 is 0 Å². The van der Waals surface area contributed by atoms with Crippen molar-refractivity contribution in [1.82, 2.24) is 0 Å². The molecule has 0 aliphatic carbocycles. The second-order valence-corrected chi connectivity index (χ2v) is 7.17. The fraction of sp³-hybridized carbons (Fsp3) is 1.00. The van der Waals surface area contributed by atoms with E-state index in [1.54, 1.807) is 13.8 Å². The molecule has 0 aliphatic heterocycles. The molecule has 8 N–H and O–H groups in total. The van der Waals surface area contributed by atoms with E-state index < -0.39 is 46.5 Å². The summed E-state index contributed by atoms with van der Waals surface area (Å²) in [5.74, 6) is 0. The van der Waals surface area contributed by atoms with Gasteiger partial charge in [0.05, 0.1) is 30.8 Å². The van der Waals surface area contributed by atoms with Crippen molar-refractivity contribution in [3.63, 3.8) is 0 Å². The Labute approximate surface area is 127 Å². The Balaban J connectivity index is 0. The van der Waals surface area contributed by atoms with Crippen LogP contribution in [0.5, 0.6) is 0 Å². The number of aliphatic hydroxyl groups excluding tert-OH is 3. The molecule has 22 heavy (non-hydrogen) atoms. The average molecular weight is 370 g/mol. The number of hydrogen-bond acceptors (Lipinski definition) is 7. The first-order chi connectivity index (χ1) is 9.76. The van der Waals surface area contributed by atoms with Gasteiger partial charge in [0.1, 0.15) is 0 Å². The van der Waals surface area contributed by atoms with Crippen molar-refractivity contribution in [3.8, 4) is 0 Å². The van der Waals surface area contributed by atoms with Gasteiger partial charge in [-0.05, 0) is 12.8 Å². The predicted octanol–water partition coefficient (Wildman–Crippen LogP) is -1.31. The maximum Gasteiger partial charge on any atom is 0.478 e. The van der Waals surface area contributed by atoms with Gasteiger partial charge in [0.25, 0.3) is 0 Å². The number of aliphatic hydroxyl groups is 4. The fourth-order valence-corrected chi connectivity index (χ4v) is 2.84. The highest BCUT2D eigenvalue weighted by atomic mass is 31.3. The molecule has 0 saturated carbocycles. The van der Waals surface area contributed by atoms with Gasteiger partial charge in [-0.15, -0.1) is 0 Å². The maximum absolute atomic E-state index is 10.1. The molecule has 136 valence electrons. The average Bonchev–Trinajstić information content (AvgIpc) is 2.37. The smallest absolute Gasteiger partial charge is 0.395 e. The lowest BCUT2D eigenvalue weighted by molar-refractivity contribution is -0.156. The summed E-state index contributed by atoms with van der Waals surface area (Å²) < 4.78 is 22.2. The van der Waals surface area contributed by atoms with Crippen LogP contribution in [0.1, 0.15) is 26.7 Å². The van der Waals surface area contributed by atoms with Crippen LogP contribution in [0.4, 0.5) is 0 Å². The third kappa shape index (κ3) is 8.09. The van der Waals surface area contributed by atoms with Gasteiger partial charge in [0.2, 0.25) is 0 Å². The molecule has 0 aromatic heterocycles. The maximum atomic E-state index is 10.1. The third-order valence-electron chi connectivity index (χ3n) is 3.28. The summed E-state index contributed by atoms with van der Waals surface area (Å²) in [6.07, 6.45) is 0.788. The minimum atomic E-state index is -5.05. The molecule has 0 spiro atoms. The molecule has 0 aromatic rings. The lowest BCUT2D eigenvalue weighted by atomic mass is 9.70. The van der Waals surface area contributed by atoms with Crippen LogP contribution in [0.25, 0.3) is 0 Å². The van der Waals surface area contributed by atoms with Crippen LogP contribution in [0, 0.1) is 5.41 Å². The molecule has 13 heteroatoms. The zero-order valence-electron chi connectivity index (χ0n) is 12.2. The molecule has 0 unspecified atom stereocenters. The molecule has 0 rings (SSSR count). The van der Waals surface area contributed by atoms with Gasteiger partial charge in [-0.2, -0.15) is 4.31 Å². The SMILES string of the molecule is CCC(O)(CC)C(CO)(CO)CO.O=P(O)(O)OP(=O)(O)O. The van der Waals surface area contributed by atoms with Crippen LogP contribution in [0.3, 0.4) is 0 Å². The quantitative estimate of drug-likeness (QED) is 0.235. The highest BCUT2D eigenvalue weighted by molar-refractivity contribution is 7.60. The molecule has 0 fully saturated rings. The highest BCUT2D eigenvalue weighted by Gasteiger charge is 2.47. The van der Waals surface area contributed by atoms with Crippen molar-refractivity contribution in [2.45, 2.75) is 32.3 Å². The summed E-state index contributed by atoms with van der Waals surface area (Å²) in [6, 6.07) is 0. The number of rotatable bonds is 8. The number of phosphoric acid groups is 2. The minimum absolute atomic E-state index is 0.394. The van der Waals surface area contributed by atoms with E-state index in [9.17, 15) is 14.2 Å². The Morgan fingerprint density at radius 2 is 1.09 bits per heavy atom. The van der Waals surface area contributed by atoms with Crippen LogP contribution < -0.4 is 0 Å². The van der Waals surface area contributed by atoms with Crippen LogP contribution >= 0.6 is 15.6 Å². The van der Waals surface area contributed by atoms with Gasteiger partial charge in [-0.25, -0.2) is 9.13 Å². The van der Waals surface area contributed by atoms with Gasteiger partial charge in [-0.3, -0.25) is 0 Å². The first-order valence-electron chi connectivity index (χ1n) is 6.13. The molecular weight excluding hydrogens is 346 g/mol. The van der Waals surface area contributed by atoms with E-state index in [1.807, 2.05) is 0 Å². The Hall–Kier alpha value is 0.100. The Bertz CT molecular complexity index is 364. The first-order valence-corrected chi connectivity index (χ1v) is 9.20. The summed E-state index contributed by atoms with van der Waals surface area (Å²) in [6.45, 7) is 2.27. The van der Waals surface area contributed by atoms with E-state index in [1.165, 1.54) is 0 Å². The topological polar surface area (TPSA) is 205 Å². The summed E-state index contributed by atoms with van der Waals surface area (Å²) in [7, 11) is -10.1. The second kappa shape index (κ2) is 9.41. The molecule has 0 amide bonds. The van der Waals surface area contributed by atoms with Gasteiger partial charge >= 0.3 is 15.6 Å². The van der Waals surface area contributed by atoms with Crippen LogP contribution in [0.15, 0.2) is 0 Å². The lowest BCUT2D eigenvalue weighted by Gasteiger charge is -2.43. The molecule has 0 atom stereocenters. The highest BCUT2D eigenvalue weighted by Crippen LogP contribution is 2.53. The lowest BCUT2D eigenvalue weighted by Crippen LogP contribution is -2.54.